The molecule has 0 radical (unpaired) electrons. The summed E-state index contributed by atoms with van der Waals surface area (Å²) >= 11 is 0. The quantitative estimate of drug-likeness (QED) is 0.676. The van der Waals surface area contributed by atoms with E-state index in [1.54, 1.807) is 7.11 Å². The lowest BCUT2D eigenvalue weighted by molar-refractivity contribution is 0.161. The van der Waals surface area contributed by atoms with Crippen LogP contribution in [0.3, 0.4) is 0 Å². The number of nitrogens with two attached hydrogens (primary N) is 1. The number of methoxy groups -OCH3 is 1. The van der Waals surface area contributed by atoms with Gasteiger partial charge in [-0.2, -0.15) is 0 Å². The molecular weight excluding hydrogens is 366 g/mol. The van der Waals surface area contributed by atoms with E-state index in [4.69, 9.17) is 31.7 Å². The Labute approximate surface area is 169 Å². The highest BCUT2D eigenvalue weighted by molar-refractivity contribution is 5.98. The number of aryl methyl sites for hydroxylation is 2. The van der Waals surface area contributed by atoms with Crippen molar-refractivity contribution in [3.63, 3.8) is 0 Å². The zero-order valence-corrected chi connectivity index (χ0v) is 17.0. The summed E-state index contributed by atoms with van der Waals surface area (Å²) in [6.45, 7) is 14.8. The van der Waals surface area contributed by atoms with Gasteiger partial charge in [0.25, 0.3) is 5.69 Å². The summed E-state index contributed by atoms with van der Waals surface area (Å²) in [5.41, 5.74) is 13.4. The van der Waals surface area contributed by atoms with E-state index in [1.807, 2.05) is 43.5 Å². The van der Waals surface area contributed by atoms with E-state index in [9.17, 15) is 0 Å². The van der Waals surface area contributed by atoms with Crippen LogP contribution in [0.4, 0.5) is 11.5 Å². The summed E-state index contributed by atoms with van der Waals surface area (Å²) in [4.78, 5) is 13.4. The SMILES string of the molecule is [C-]#[N+]c1c(N)n(-c2c(C)ccc(OC)c2C)c2nc(C)c(C3=CCOCC3)nc12. The molecule has 148 valence electrons. The summed E-state index contributed by atoms with van der Waals surface area (Å²) in [7, 11) is 1.64. The maximum Gasteiger partial charge on any atom is 0.255 e. The van der Waals surface area contributed by atoms with Crippen LogP contribution in [0.5, 0.6) is 5.75 Å². The Balaban J connectivity index is 2.06. The number of rotatable bonds is 3. The van der Waals surface area contributed by atoms with Crippen LogP contribution in [0.1, 0.15) is 28.9 Å². The van der Waals surface area contributed by atoms with Crippen molar-refractivity contribution < 1.29 is 9.47 Å². The zero-order valence-electron chi connectivity index (χ0n) is 17.0. The number of hydrogen-bond acceptors (Lipinski definition) is 5. The summed E-state index contributed by atoms with van der Waals surface area (Å²) in [6, 6.07) is 3.91. The number of hydrogen-bond donors (Lipinski definition) is 1. The van der Waals surface area contributed by atoms with Crippen LogP contribution < -0.4 is 10.5 Å². The van der Waals surface area contributed by atoms with Crippen molar-refractivity contribution in [3.8, 4) is 11.4 Å². The number of ether oxygens (including phenoxy) is 2. The monoisotopic (exact) mass is 389 g/mol. The molecule has 0 spiro atoms. The Morgan fingerprint density at radius 1 is 1.24 bits per heavy atom. The van der Waals surface area contributed by atoms with Crippen LogP contribution in [0.25, 0.3) is 27.3 Å². The number of anilines is 1. The summed E-state index contributed by atoms with van der Waals surface area (Å²) in [5.74, 6) is 1.09. The lowest BCUT2D eigenvalue weighted by Crippen LogP contribution is -2.09. The average Bonchev–Trinajstić information content (AvgIpc) is 2.99. The topological polar surface area (TPSA) is 79.6 Å². The van der Waals surface area contributed by atoms with Crippen molar-refractivity contribution in [1.29, 1.82) is 0 Å². The van der Waals surface area contributed by atoms with Gasteiger partial charge < -0.3 is 15.2 Å². The van der Waals surface area contributed by atoms with E-state index in [0.717, 1.165) is 45.9 Å². The predicted octanol–water partition coefficient (Wildman–Crippen LogP) is 4.29. The molecule has 0 amide bonds. The maximum absolute atomic E-state index is 7.70. The van der Waals surface area contributed by atoms with Gasteiger partial charge in [-0.3, -0.25) is 9.55 Å². The Bertz CT molecular complexity index is 1200. The van der Waals surface area contributed by atoms with Crippen LogP contribution in [0, 0.1) is 27.3 Å². The van der Waals surface area contributed by atoms with Crippen molar-refractivity contribution >= 4 is 28.2 Å². The van der Waals surface area contributed by atoms with Gasteiger partial charge >= 0.3 is 0 Å². The molecule has 0 atom stereocenters. The fourth-order valence-corrected chi connectivity index (χ4v) is 3.93. The molecule has 0 saturated heterocycles. The van der Waals surface area contributed by atoms with E-state index in [-0.39, 0.29) is 0 Å². The maximum atomic E-state index is 7.70. The van der Waals surface area contributed by atoms with Crippen LogP contribution in [0.15, 0.2) is 18.2 Å². The lowest BCUT2D eigenvalue weighted by atomic mass is 10.1. The molecule has 1 aliphatic rings. The molecule has 4 rings (SSSR count). The number of nitrogen functional groups attached to an aromatic ring is 1. The first-order chi connectivity index (χ1) is 14.0. The van der Waals surface area contributed by atoms with Crippen molar-refractivity contribution in [2.45, 2.75) is 27.2 Å². The number of aromatic nitrogens is 3. The van der Waals surface area contributed by atoms with E-state index >= 15 is 0 Å². The Kier molecular flexibility index (Phi) is 4.73. The van der Waals surface area contributed by atoms with Crippen molar-refractivity contribution in [3.05, 3.63) is 52.1 Å². The fourth-order valence-electron chi connectivity index (χ4n) is 3.93. The minimum atomic E-state index is 0.322. The van der Waals surface area contributed by atoms with Crippen molar-refractivity contribution in [2.24, 2.45) is 0 Å². The van der Waals surface area contributed by atoms with E-state index in [2.05, 4.69) is 4.85 Å². The summed E-state index contributed by atoms with van der Waals surface area (Å²) < 4.78 is 12.7. The first-order valence-electron chi connectivity index (χ1n) is 9.45. The molecular formula is C22H23N5O2. The van der Waals surface area contributed by atoms with Gasteiger partial charge in [-0.15, -0.1) is 0 Å². The molecule has 1 aliphatic heterocycles. The first kappa shape index (κ1) is 19.0. The van der Waals surface area contributed by atoms with Gasteiger partial charge in [-0.1, -0.05) is 12.1 Å². The molecule has 0 unspecified atom stereocenters. The van der Waals surface area contributed by atoms with Crippen molar-refractivity contribution in [2.75, 3.05) is 26.1 Å². The number of nitrogens with zero attached hydrogens (tertiary/aromatic N) is 4. The van der Waals surface area contributed by atoms with E-state index < -0.39 is 0 Å². The standard InChI is InChI=1S/C22H23N5O2/c1-12-6-7-16(28-5)13(2)20(12)27-21(23)18(24-4)19-22(27)25-14(3)17(26-19)15-8-10-29-11-9-15/h6-8H,9-11,23H2,1-3,5H3. The molecule has 0 bridgehead atoms. The fraction of sp³-hybridized carbons (Fsp3) is 0.318. The minimum Gasteiger partial charge on any atom is -0.496 e. The van der Waals surface area contributed by atoms with Crippen LogP contribution >= 0.6 is 0 Å². The van der Waals surface area contributed by atoms with Gasteiger partial charge in [0.05, 0.1) is 44.0 Å². The van der Waals surface area contributed by atoms with Crippen molar-refractivity contribution in [1.82, 2.24) is 14.5 Å². The van der Waals surface area contributed by atoms with Crippen LogP contribution in [-0.4, -0.2) is 34.9 Å². The Morgan fingerprint density at radius 2 is 2.03 bits per heavy atom. The van der Waals surface area contributed by atoms with Gasteiger partial charge in [-0.05, 0) is 44.4 Å². The van der Waals surface area contributed by atoms with Gasteiger partial charge in [0.1, 0.15) is 17.1 Å². The first-order valence-corrected chi connectivity index (χ1v) is 9.45. The second-order valence-electron chi connectivity index (χ2n) is 7.12. The zero-order chi connectivity index (χ0) is 20.7. The molecule has 0 aliphatic carbocycles. The lowest BCUT2D eigenvalue weighted by Gasteiger charge is -2.18. The molecule has 7 nitrogen and oxygen atoms in total. The second kappa shape index (κ2) is 7.22. The smallest absolute Gasteiger partial charge is 0.255 e. The molecule has 3 aromatic rings. The highest BCUT2D eigenvalue weighted by Gasteiger charge is 2.24. The molecule has 2 N–H and O–H groups in total. The van der Waals surface area contributed by atoms with Gasteiger partial charge in [0, 0.05) is 5.56 Å². The third-order valence-electron chi connectivity index (χ3n) is 5.38. The van der Waals surface area contributed by atoms with Crippen LogP contribution in [0.2, 0.25) is 0 Å². The molecule has 29 heavy (non-hydrogen) atoms. The largest absolute Gasteiger partial charge is 0.496 e. The minimum absolute atomic E-state index is 0.322. The Morgan fingerprint density at radius 3 is 2.69 bits per heavy atom. The highest BCUT2D eigenvalue weighted by Crippen LogP contribution is 2.40. The van der Waals surface area contributed by atoms with Gasteiger partial charge in [0.2, 0.25) is 0 Å². The number of fused-ring (bicyclic) bond motifs is 1. The molecule has 1 aromatic carbocycles. The third kappa shape index (κ3) is 2.93. The molecule has 0 fully saturated rings. The van der Waals surface area contributed by atoms with Gasteiger partial charge in [0.15, 0.2) is 5.65 Å². The average molecular weight is 389 g/mol. The highest BCUT2D eigenvalue weighted by atomic mass is 16.5. The molecule has 0 saturated carbocycles. The Hall–Kier alpha value is -3.37. The third-order valence-corrected chi connectivity index (χ3v) is 5.38. The van der Waals surface area contributed by atoms with E-state index in [0.29, 0.717) is 35.9 Å². The predicted molar refractivity (Wildman–Crippen MR) is 114 cm³/mol. The molecule has 2 aromatic heterocycles. The van der Waals surface area contributed by atoms with E-state index in [1.165, 1.54) is 0 Å². The van der Waals surface area contributed by atoms with Gasteiger partial charge in [-0.25, -0.2) is 9.83 Å². The second-order valence-corrected chi connectivity index (χ2v) is 7.12. The molecule has 7 heteroatoms. The molecule has 3 heterocycles. The number of benzene rings is 1. The van der Waals surface area contributed by atoms with Crippen LogP contribution in [-0.2, 0) is 4.74 Å². The normalized spacial score (nSPS) is 14.0. The summed E-state index contributed by atoms with van der Waals surface area (Å²) in [6.07, 6.45) is 2.80. The summed E-state index contributed by atoms with van der Waals surface area (Å²) in [5, 5.41) is 0.